The monoisotopic (exact) mass is 340 g/mol. The van der Waals surface area contributed by atoms with Crippen molar-refractivity contribution in [2.75, 3.05) is 7.11 Å². The highest BCUT2D eigenvalue weighted by atomic mass is 32.2. The van der Waals surface area contributed by atoms with Crippen LogP contribution in [0, 0.1) is 0 Å². The number of rotatable bonds is 3. The van der Waals surface area contributed by atoms with Crippen LogP contribution in [0.3, 0.4) is 0 Å². The zero-order valence-corrected chi connectivity index (χ0v) is 13.4. The lowest BCUT2D eigenvalue weighted by Gasteiger charge is -2.08. The number of amides is 1. The molecule has 120 valence electrons. The first kappa shape index (κ1) is 14.6. The molecule has 4 rings (SSSR count). The topological polar surface area (TPSA) is 86.1 Å². The Balaban J connectivity index is 1.96. The third-order valence-corrected chi connectivity index (χ3v) is 4.77. The second-order valence-electron chi connectivity index (χ2n) is 5.13. The number of carbonyl (C=O) groups is 1. The SMILES string of the molecule is COc1cc(-c2cccnc2)cc2c1cnn2C1=CC(=O)NS1=O. The van der Waals surface area contributed by atoms with E-state index in [2.05, 4.69) is 14.8 Å². The highest BCUT2D eigenvalue weighted by Crippen LogP contribution is 2.33. The number of aromatic nitrogens is 3. The molecule has 1 aromatic carbocycles. The van der Waals surface area contributed by atoms with Gasteiger partial charge in [0.05, 0.1) is 24.2 Å². The minimum absolute atomic E-state index is 0.292. The van der Waals surface area contributed by atoms with E-state index in [0.29, 0.717) is 16.3 Å². The molecule has 0 bridgehead atoms. The average Bonchev–Trinajstić information content (AvgIpc) is 3.17. The number of nitrogens with one attached hydrogen (secondary N) is 1. The Kier molecular flexibility index (Phi) is 3.39. The molecule has 0 aliphatic carbocycles. The van der Waals surface area contributed by atoms with Crippen LogP contribution in [0.15, 0.2) is 48.9 Å². The normalized spacial score (nSPS) is 17.0. The van der Waals surface area contributed by atoms with E-state index in [0.717, 1.165) is 16.5 Å². The van der Waals surface area contributed by atoms with E-state index in [9.17, 15) is 9.00 Å². The fraction of sp³-hybridized carbons (Fsp3) is 0.0625. The number of hydrogen-bond donors (Lipinski definition) is 1. The average molecular weight is 340 g/mol. The maximum absolute atomic E-state index is 12.0. The van der Waals surface area contributed by atoms with Crippen LogP contribution in [0.5, 0.6) is 5.75 Å². The molecule has 3 aromatic rings. The molecule has 2 aromatic heterocycles. The molecule has 1 aliphatic heterocycles. The molecule has 0 saturated carbocycles. The van der Waals surface area contributed by atoms with Crippen molar-refractivity contribution in [2.24, 2.45) is 0 Å². The number of benzene rings is 1. The lowest BCUT2D eigenvalue weighted by atomic mass is 10.1. The van der Waals surface area contributed by atoms with Gasteiger partial charge in [0, 0.05) is 24.0 Å². The summed E-state index contributed by atoms with van der Waals surface area (Å²) in [6.45, 7) is 0. The molecule has 3 heterocycles. The molecule has 0 spiro atoms. The number of nitrogens with zero attached hydrogens (tertiary/aromatic N) is 3. The molecule has 1 N–H and O–H groups in total. The van der Waals surface area contributed by atoms with Crippen molar-refractivity contribution in [3.05, 3.63) is 48.9 Å². The second-order valence-corrected chi connectivity index (χ2v) is 6.29. The number of methoxy groups -OCH3 is 1. The lowest BCUT2D eigenvalue weighted by molar-refractivity contribution is -0.114. The van der Waals surface area contributed by atoms with Gasteiger partial charge >= 0.3 is 0 Å². The van der Waals surface area contributed by atoms with E-state index in [1.807, 2.05) is 24.3 Å². The van der Waals surface area contributed by atoms with Gasteiger partial charge in [0.15, 0.2) is 16.0 Å². The summed E-state index contributed by atoms with van der Waals surface area (Å²) in [7, 11) is -0.0463. The van der Waals surface area contributed by atoms with Gasteiger partial charge in [-0.2, -0.15) is 5.10 Å². The molecule has 1 aliphatic rings. The third-order valence-electron chi connectivity index (χ3n) is 3.71. The standard InChI is InChI=1S/C16H12N4O3S/c1-23-14-6-11(10-3-2-4-17-8-10)5-13-12(14)9-18-20(13)16-7-15(21)19-24(16)22/h2-9H,1H3,(H,19,21). The summed E-state index contributed by atoms with van der Waals surface area (Å²) in [5.41, 5.74) is 2.50. The molecule has 7 nitrogen and oxygen atoms in total. The van der Waals surface area contributed by atoms with Crippen molar-refractivity contribution in [2.45, 2.75) is 0 Å². The first-order valence-electron chi connectivity index (χ1n) is 7.08. The molecule has 24 heavy (non-hydrogen) atoms. The highest BCUT2D eigenvalue weighted by Gasteiger charge is 2.24. The van der Waals surface area contributed by atoms with Crippen LogP contribution >= 0.6 is 0 Å². The zero-order chi connectivity index (χ0) is 16.7. The third kappa shape index (κ3) is 2.28. The summed E-state index contributed by atoms with van der Waals surface area (Å²) in [4.78, 5) is 15.6. The van der Waals surface area contributed by atoms with E-state index in [4.69, 9.17) is 4.74 Å². The maximum atomic E-state index is 12.0. The summed E-state index contributed by atoms with van der Waals surface area (Å²) >= 11 is 0. The van der Waals surface area contributed by atoms with Gasteiger partial charge < -0.3 is 4.74 Å². The number of fused-ring (bicyclic) bond motifs is 1. The summed E-state index contributed by atoms with van der Waals surface area (Å²) in [5.74, 6) is 0.239. The van der Waals surface area contributed by atoms with Gasteiger partial charge in [0.25, 0.3) is 5.91 Å². The Morgan fingerprint density at radius 2 is 2.12 bits per heavy atom. The minimum Gasteiger partial charge on any atom is -0.496 e. The molecule has 1 amide bonds. The van der Waals surface area contributed by atoms with Crippen molar-refractivity contribution in [1.29, 1.82) is 0 Å². The summed E-state index contributed by atoms with van der Waals surface area (Å²) in [6, 6.07) is 7.59. The largest absolute Gasteiger partial charge is 0.496 e. The molecular weight excluding hydrogens is 328 g/mol. The van der Waals surface area contributed by atoms with Crippen molar-refractivity contribution in [3.63, 3.8) is 0 Å². The van der Waals surface area contributed by atoms with Crippen LogP contribution in [0.1, 0.15) is 0 Å². The molecular formula is C16H12N4O3S. The predicted molar refractivity (Wildman–Crippen MR) is 90.1 cm³/mol. The summed E-state index contributed by atoms with van der Waals surface area (Å²) < 4.78 is 21.3. The van der Waals surface area contributed by atoms with Crippen LogP contribution in [0.2, 0.25) is 0 Å². The first-order valence-corrected chi connectivity index (χ1v) is 8.23. The van der Waals surface area contributed by atoms with Crippen LogP contribution < -0.4 is 9.46 Å². The van der Waals surface area contributed by atoms with Gasteiger partial charge in [-0.25, -0.2) is 8.89 Å². The molecule has 1 unspecified atom stereocenters. The zero-order valence-electron chi connectivity index (χ0n) is 12.6. The second kappa shape index (κ2) is 5.57. The number of pyridine rings is 1. The smallest absolute Gasteiger partial charge is 0.258 e. The van der Waals surface area contributed by atoms with Crippen LogP contribution in [0.4, 0.5) is 0 Å². The van der Waals surface area contributed by atoms with Crippen LogP contribution in [0.25, 0.3) is 27.1 Å². The van der Waals surface area contributed by atoms with Crippen LogP contribution in [-0.4, -0.2) is 32.0 Å². The Morgan fingerprint density at radius 3 is 2.79 bits per heavy atom. The number of ether oxygens (including phenoxy) is 1. The molecule has 1 atom stereocenters. The molecule has 0 fully saturated rings. The maximum Gasteiger partial charge on any atom is 0.258 e. The van der Waals surface area contributed by atoms with E-state index in [1.165, 1.54) is 10.8 Å². The van der Waals surface area contributed by atoms with E-state index in [1.54, 1.807) is 25.7 Å². The first-order chi connectivity index (χ1) is 11.7. The Bertz CT molecular complexity index is 1010. The van der Waals surface area contributed by atoms with Gasteiger partial charge in [-0.05, 0) is 23.8 Å². The van der Waals surface area contributed by atoms with Crippen molar-refractivity contribution >= 4 is 32.8 Å². The van der Waals surface area contributed by atoms with Gasteiger partial charge in [-0.3, -0.25) is 14.5 Å². The fourth-order valence-electron chi connectivity index (χ4n) is 2.62. The van der Waals surface area contributed by atoms with Crippen molar-refractivity contribution in [3.8, 4) is 16.9 Å². The van der Waals surface area contributed by atoms with Gasteiger partial charge in [0.2, 0.25) is 0 Å². The molecule has 8 heteroatoms. The number of carbonyl (C=O) groups excluding carboxylic acids is 1. The van der Waals surface area contributed by atoms with E-state index >= 15 is 0 Å². The predicted octanol–water partition coefficient (Wildman–Crippen LogP) is 1.70. The van der Waals surface area contributed by atoms with Crippen LogP contribution in [-0.2, 0) is 15.8 Å². The quantitative estimate of drug-likeness (QED) is 0.784. The molecule has 0 radical (unpaired) electrons. The lowest BCUT2D eigenvalue weighted by Crippen LogP contribution is -2.17. The van der Waals surface area contributed by atoms with Gasteiger partial charge in [-0.1, -0.05) is 6.07 Å². The van der Waals surface area contributed by atoms with Crippen molar-refractivity contribution < 1.29 is 13.7 Å². The number of hydrogen-bond acceptors (Lipinski definition) is 5. The van der Waals surface area contributed by atoms with E-state index in [-0.39, 0.29) is 0 Å². The Morgan fingerprint density at radius 1 is 1.25 bits per heavy atom. The minimum atomic E-state index is -1.63. The highest BCUT2D eigenvalue weighted by molar-refractivity contribution is 7.93. The molecule has 0 saturated heterocycles. The van der Waals surface area contributed by atoms with Gasteiger partial charge in [0.1, 0.15) is 5.75 Å². The van der Waals surface area contributed by atoms with Gasteiger partial charge in [-0.15, -0.1) is 0 Å². The Hall–Kier alpha value is -3.00. The summed E-state index contributed by atoms with van der Waals surface area (Å²) in [6.07, 6.45) is 6.36. The fourth-order valence-corrected chi connectivity index (χ4v) is 3.48. The van der Waals surface area contributed by atoms with Crippen molar-refractivity contribution in [1.82, 2.24) is 19.5 Å². The van der Waals surface area contributed by atoms with E-state index < -0.39 is 16.9 Å². The Labute approximate surface area is 139 Å². The summed E-state index contributed by atoms with van der Waals surface area (Å²) in [5, 5.41) is 5.33.